The van der Waals surface area contributed by atoms with Crippen molar-refractivity contribution < 1.29 is 13.2 Å². The smallest absolute Gasteiger partial charge is 0.344 e. The number of halogens is 4. The van der Waals surface area contributed by atoms with Gasteiger partial charge in [0.05, 0.1) is 5.69 Å². The van der Waals surface area contributed by atoms with E-state index in [1.165, 1.54) is 16.2 Å². The maximum Gasteiger partial charge on any atom is 0.405 e. The molecule has 0 aliphatic rings. The lowest BCUT2D eigenvalue weighted by molar-refractivity contribution is -0.120. The van der Waals surface area contributed by atoms with E-state index in [-0.39, 0.29) is 6.04 Å². The molecular formula is C11H13BrF3N3S. The lowest BCUT2D eigenvalue weighted by Gasteiger charge is -2.28. The van der Waals surface area contributed by atoms with E-state index in [9.17, 15) is 13.2 Å². The molecule has 2 rings (SSSR count). The van der Waals surface area contributed by atoms with E-state index in [0.717, 1.165) is 5.69 Å². The van der Waals surface area contributed by atoms with Crippen LogP contribution in [-0.4, -0.2) is 28.1 Å². The minimum Gasteiger partial charge on any atom is -0.344 e. The summed E-state index contributed by atoms with van der Waals surface area (Å²) in [6.45, 7) is 2.48. The van der Waals surface area contributed by atoms with Crippen LogP contribution in [0.5, 0.6) is 0 Å². The van der Waals surface area contributed by atoms with E-state index in [2.05, 4.69) is 20.9 Å². The molecule has 106 valence electrons. The number of rotatable bonds is 4. The van der Waals surface area contributed by atoms with Gasteiger partial charge in [-0.1, -0.05) is 15.9 Å². The lowest BCUT2D eigenvalue weighted by Crippen LogP contribution is -2.39. The van der Waals surface area contributed by atoms with Gasteiger partial charge in [-0.2, -0.15) is 13.2 Å². The van der Waals surface area contributed by atoms with Gasteiger partial charge in [0.2, 0.25) is 0 Å². The molecule has 0 unspecified atom stereocenters. The van der Waals surface area contributed by atoms with Gasteiger partial charge in [-0.05, 0) is 13.8 Å². The van der Waals surface area contributed by atoms with Crippen LogP contribution in [0.2, 0.25) is 0 Å². The number of hydrogen-bond acceptors (Lipinski definition) is 3. The quantitative estimate of drug-likeness (QED) is 0.770. The van der Waals surface area contributed by atoms with Gasteiger partial charge in [0.15, 0.2) is 10.8 Å². The van der Waals surface area contributed by atoms with Gasteiger partial charge in [0.1, 0.15) is 6.54 Å². The second-order valence-electron chi connectivity index (χ2n) is 4.41. The standard InChI is InChI=1S/C11H13BrF3N3S/c1-7(2)18(6-11(13,14)15)9-8(5-12)17-3-4-19-10(17)16-9/h3-4,7H,5-6H2,1-2H3. The number of alkyl halides is 4. The zero-order chi connectivity index (χ0) is 14.2. The predicted molar refractivity (Wildman–Crippen MR) is 74.2 cm³/mol. The van der Waals surface area contributed by atoms with Crippen molar-refractivity contribution in [1.29, 1.82) is 0 Å². The van der Waals surface area contributed by atoms with Gasteiger partial charge < -0.3 is 4.90 Å². The van der Waals surface area contributed by atoms with Crippen molar-refractivity contribution in [2.45, 2.75) is 31.4 Å². The van der Waals surface area contributed by atoms with Crippen LogP contribution in [0, 0.1) is 0 Å². The number of thiazole rings is 1. The summed E-state index contributed by atoms with van der Waals surface area (Å²) in [5.41, 5.74) is 0.745. The van der Waals surface area contributed by atoms with E-state index < -0.39 is 12.7 Å². The summed E-state index contributed by atoms with van der Waals surface area (Å²) < 4.78 is 39.9. The summed E-state index contributed by atoms with van der Waals surface area (Å²) >= 11 is 4.73. The Hall–Kier alpha value is -0.760. The molecule has 0 saturated heterocycles. The summed E-state index contributed by atoms with van der Waals surface area (Å²) in [5, 5.41) is 2.32. The first-order valence-electron chi connectivity index (χ1n) is 5.67. The van der Waals surface area contributed by atoms with Crippen molar-refractivity contribution in [3.8, 4) is 0 Å². The average molecular weight is 356 g/mol. The van der Waals surface area contributed by atoms with Crippen molar-refractivity contribution in [2.24, 2.45) is 0 Å². The van der Waals surface area contributed by atoms with Gasteiger partial charge in [0.25, 0.3) is 0 Å². The first kappa shape index (κ1) is 14.6. The van der Waals surface area contributed by atoms with Crippen LogP contribution in [0.25, 0.3) is 4.96 Å². The van der Waals surface area contributed by atoms with Crippen LogP contribution in [0.1, 0.15) is 19.5 Å². The molecule has 0 radical (unpaired) electrons. The molecule has 3 nitrogen and oxygen atoms in total. The van der Waals surface area contributed by atoms with Gasteiger partial charge >= 0.3 is 6.18 Å². The molecule has 2 aromatic rings. The van der Waals surface area contributed by atoms with Crippen LogP contribution in [0.15, 0.2) is 11.6 Å². The Kier molecular flexibility index (Phi) is 4.10. The fourth-order valence-electron chi connectivity index (χ4n) is 1.87. The molecule has 0 fully saturated rings. The zero-order valence-electron chi connectivity index (χ0n) is 10.4. The van der Waals surface area contributed by atoms with E-state index in [4.69, 9.17) is 0 Å². The fourth-order valence-corrected chi connectivity index (χ4v) is 3.12. The summed E-state index contributed by atoms with van der Waals surface area (Å²) in [4.78, 5) is 6.32. The predicted octanol–water partition coefficient (Wildman–Crippen LogP) is 4.07. The van der Waals surface area contributed by atoms with Crippen LogP contribution in [0.3, 0.4) is 0 Å². The Morgan fingerprint density at radius 3 is 2.68 bits per heavy atom. The summed E-state index contributed by atoms with van der Waals surface area (Å²) in [6, 6.07) is -0.274. The van der Waals surface area contributed by atoms with Crippen molar-refractivity contribution in [3.63, 3.8) is 0 Å². The number of nitrogens with zero attached hydrogens (tertiary/aromatic N) is 3. The molecule has 0 aromatic carbocycles. The minimum absolute atomic E-state index is 0.274. The van der Waals surface area contributed by atoms with Crippen LogP contribution in [0.4, 0.5) is 19.0 Å². The third kappa shape index (κ3) is 3.05. The molecule has 0 amide bonds. The molecule has 8 heteroatoms. The number of fused-ring (bicyclic) bond motifs is 1. The second-order valence-corrected chi connectivity index (χ2v) is 5.84. The zero-order valence-corrected chi connectivity index (χ0v) is 12.8. The van der Waals surface area contributed by atoms with Crippen LogP contribution in [-0.2, 0) is 5.33 Å². The van der Waals surface area contributed by atoms with Crippen LogP contribution < -0.4 is 4.90 Å². The normalized spacial score (nSPS) is 12.6. The summed E-state index contributed by atoms with van der Waals surface area (Å²) in [7, 11) is 0. The first-order chi connectivity index (χ1) is 8.83. The van der Waals surface area contributed by atoms with Crippen molar-refractivity contribution >= 4 is 38.0 Å². The Morgan fingerprint density at radius 1 is 1.47 bits per heavy atom. The topological polar surface area (TPSA) is 20.5 Å². The van der Waals surface area contributed by atoms with E-state index in [0.29, 0.717) is 16.1 Å². The average Bonchev–Trinajstić information content (AvgIpc) is 2.83. The van der Waals surface area contributed by atoms with Crippen molar-refractivity contribution in [2.75, 3.05) is 11.4 Å². The third-order valence-corrected chi connectivity index (χ3v) is 4.00. The summed E-state index contributed by atoms with van der Waals surface area (Å²) in [5.74, 6) is 0.399. The van der Waals surface area contributed by atoms with Gasteiger partial charge in [-0.25, -0.2) is 4.98 Å². The number of hydrogen-bond donors (Lipinski definition) is 0. The highest BCUT2D eigenvalue weighted by Gasteiger charge is 2.34. The molecule has 0 atom stereocenters. The van der Waals surface area contributed by atoms with Gasteiger partial charge in [-0.15, -0.1) is 11.3 Å². The molecule has 2 heterocycles. The highest BCUT2D eigenvalue weighted by molar-refractivity contribution is 9.08. The molecule has 0 N–H and O–H groups in total. The van der Waals surface area contributed by atoms with Gasteiger partial charge in [0, 0.05) is 22.9 Å². The molecule has 0 spiro atoms. The third-order valence-electron chi connectivity index (χ3n) is 2.71. The van der Waals surface area contributed by atoms with Crippen molar-refractivity contribution in [3.05, 3.63) is 17.3 Å². The molecule has 0 saturated carbocycles. The number of aromatic nitrogens is 2. The molecular weight excluding hydrogens is 343 g/mol. The van der Waals surface area contributed by atoms with Crippen molar-refractivity contribution in [1.82, 2.24) is 9.38 Å². The largest absolute Gasteiger partial charge is 0.405 e. The fraction of sp³-hybridized carbons (Fsp3) is 0.545. The molecule has 2 aromatic heterocycles. The molecule has 0 bridgehead atoms. The molecule has 0 aliphatic heterocycles. The number of imidazole rings is 1. The highest BCUT2D eigenvalue weighted by atomic mass is 79.9. The highest BCUT2D eigenvalue weighted by Crippen LogP contribution is 2.30. The Labute approximate surface area is 121 Å². The Morgan fingerprint density at radius 2 is 2.16 bits per heavy atom. The van der Waals surface area contributed by atoms with E-state index >= 15 is 0 Å². The van der Waals surface area contributed by atoms with E-state index in [1.807, 2.05) is 16.0 Å². The molecule has 0 aliphatic carbocycles. The lowest BCUT2D eigenvalue weighted by atomic mass is 10.3. The monoisotopic (exact) mass is 355 g/mol. The Balaban J connectivity index is 2.46. The molecule has 19 heavy (non-hydrogen) atoms. The Bertz CT molecular complexity index is 561. The second kappa shape index (κ2) is 5.32. The maximum atomic E-state index is 12.7. The minimum atomic E-state index is -4.25. The van der Waals surface area contributed by atoms with Crippen LogP contribution >= 0.6 is 27.3 Å². The van der Waals surface area contributed by atoms with Gasteiger partial charge in [-0.3, -0.25) is 4.40 Å². The first-order valence-corrected chi connectivity index (χ1v) is 7.67. The maximum absolute atomic E-state index is 12.7. The number of anilines is 1. The van der Waals surface area contributed by atoms with E-state index in [1.54, 1.807) is 13.8 Å². The SMILES string of the molecule is CC(C)N(CC(F)(F)F)c1nc2sccn2c1CBr. The summed E-state index contributed by atoms with van der Waals surface area (Å²) in [6.07, 6.45) is -2.43.